The van der Waals surface area contributed by atoms with E-state index in [2.05, 4.69) is 4.74 Å². The van der Waals surface area contributed by atoms with Gasteiger partial charge in [-0.15, -0.1) is 0 Å². The zero-order chi connectivity index (χ0) is 9.84. The molecule has 0 heterocycles. The van der Waals surface area contributed by atoms with Crippen molar-refractivity contribution in [3.05, 3.63) is 0 Å². The van der Waals surface area contributed by atoms with E-state index in [1.165, 1.54) is 12.8 Å². The summed E-state index contributed by atoms with van der Waals surface area (Å²) in [6, 6.07) is 0. The first-order chi connectivity index (χ1) is 6.11. The number of carbonyl (C=O) groups is 1. The molecule has 2 atom stereocenters. The lowest BCUT2D eigenvalue weighted by Crippen LogP contribution is -2.24. The average Bonchev–Trinajstić information content (AvgIpc) is 2.53. The van der Waals surface area contributed by atoms with Gasteiger partial charge in [-0.1, -0.05) is 44.2 Å². The summed E-state index contributed by atoms with van der Waals surface area (Å²) in [4.78, 5) is 10.2. The maximum absolute atomic E-state index is 10.2. The fraction of sp³-hybridized carbons (Fsp3) is 0.889. The van der Waals surface area contributed by atoms with Crippen LogP contribution in [0.4, 0.5) is 4.79 Å². The minimum Gasteiger partial charge on any atom is -0.450 e. The normalized spacial score (nSPS) is 22.6. The second kappa shape index (κ2) is 4.70. The first-order valence-electron chi connectivity index (χ1n) is 4.65. The maximum atomic E-state index is 10.2. The quantitative estimate of drug-likeness (QED) is 0.570. The molecule has 1 rings (SSSR count). The van der Waals surface area contributed by atoms with Crippen molar-refractivity contribution in [3.63, 3.8) is 0 Å². The summed E-state index contributed by atoms with van der Waals surface area (Å²) in [7, 11) is 0. The molecule has 0 radical (unpaired) electrons. The number of halogens is 1. The highest BCUT2D eigenvalue weighted by Crippen LogP contribution is 2.34. The Kier molecular flexibility index (Phi) is 3.85. The van der Waals surface area contributed by atoms with E-state index in [-0.39, 0.29) is 5.92 Å². The van der Waals surface area contributed by atoms with Crippen LogP contribution in [0.1, 0.15) is 32.6 Å². The highest BCUT2D eigenvalue weighted by atomic mass is 35.5. The van der Waals surface area contributed by atoms with Crippen molar-refractivity contribution in [2.75, 3.05) is 0 Å². The summed E-state index contributed by atoms with van der Waals surface area (Å²) in [5, 5.41) is 8.37. The van der Waals surface area contributed by atoms with Gasteiger partial charge < -0.3 is 9.84 Å². The molecule has 13 heavy (non-hydrogen) atoms. The van der Waals surface area contributed by atoms with Gasteiger partial charge in [0.05, 0.1) is 0 Å². The molecule has 3 nitrogen and oxygen atoms in total. The molecule has 1 aliphatic rings. The molecule has 2 unspecified atom stereocenters. The van der Waals surface area contributed by atoms with Crippen LogP contribution >= 0.6 is 11.6 Å². The monoisotopic (exact) mass is 206 g/mol. The minimum atomic E-state index is -1.29. The first-order valence-corrected chi connectivity index (χ1v) is 5.08. The molecular formula is C9H15ClO3. The van der Waals surface area contributed by atoms with Gasteiger partial charge in [0.1, 0.15) is 0 Å². The molecule has 76 valence electrons. The topological polar surface area (TPSA) is 46.5 Å². The Labute approximate surface area is 83.0 Å². The van der Waals surface area contributed by atoms with Crippen molar-refractivity contribution in [2.24, 2.45) is 11.8 Å². The molecule has 1 saturated carbocycles. The fourth-order valence-electron chi connectivity index (χ4n) is 1.90. The van der Waals surface area contributed by atoms with Crippen LogP contribution < -0.4 is 0 Å². The number of alkyl halides is 1. The zero-order valence-electron chi connectivity index (χ0n) is 7.70. The number of ether oxygens (including phenoxy) is 1. The van der Waals surface area contributed by atoms with Crippen molar-refractivity contribution in [2.45, 2.75) is 38.2 Å². The van der Waals surface area contributed by atoms with Crippen LogP contribution in [0.3, 0.4) is 0 Å². The zero-order valence-corrected chi connectivity index (χ0v) is 8.46. The van der Waals surface area contributed by atoms with Crippen LogP contribution in [-0.4, -0.2) is 16.8 Å². The fourth-order valence-corrected chi connectivity index (χ4v) is 2.18. The molecule has 1 N–H and O–H groups in total. The Morgan fingerprint density at radius 3 is 2.54 bits per heavy atom. The minimum absolute atomic E-state index is 0.125. The largest absolute Gasteiger partial charge is 0.507 e. The molecule has 0 amide bonds. The molecule has 0 saturated heterocycles. The highest BCUT2D eigenvalue weighted by molar-refractivity contribution is 6.20. The molecule has 1 fully saturated rings. The Balaban J connectivity index is 2.36. The van der Waals surface area contributed by atoms with Gasteiger partial charge in [0.25, 0.3) is 0 Å². The molecule has 0 spiro atoms. The van der Waals surface area contributed by atoms with E-state index >= 15 is 0 Å². The van der Waals surface area contributed by atoms with Crippen LogP contribution in [0.25, 0.3) is 0 Å². The lowest BCUT2D eigenvalue weighted by atomic mass is 9.93. The van der Waals surface area contributed by atoms with Crippen molar-refractivity contribution >= 4 is 17.8 Å². The predicted molar refractivity (Wildman–Crippen MR) is 49.9 cm³/mol. The Morgan fingerprint density at radius 2 is 2.08 bits per heavy atom. The molecule has 0 bridgehead atoms. The summed E-state index contributed by atoms with van der Waals surface area (Å²) in [5.74, 6) is 0.655. The molecule has 0 aromatic heterocycles. The van der Waals surface area contributed by atoms with Crippen LogP contribution in [0.15, 0.2) is 0 Å². The van der Waals surface area contributed by atoms with E-state index in [0.29, 0.717) is 5.92 Å². The molecule has 0 aliphatic heterocycles. The van der Waals surface area contributed by atoms with Gasteiger partial charge >= 0.3 is 6.16 Å². The lowest BCUT2D eigenvalue weighted by Gasteiger charge is -2.22. The summed E-state index contributed by atoms with van der Waals surface area (Å²) in [5.41, 5.74) is -0.694. The second-order valence-corrected chi connectivity index (χ2v) is 4.07. The van der Waals surface area contributed by atoms with Gasteiger partial charge in [-0.3, -0.25) is 0 Å². The van der Waals surface area contributed by atoms with Gasteiger partial charge in [-0.2, -0.15) is 0 Å². The van der Waals surface area contributed by atoms with Crippen molar-refractivity contribution in [1.82, 2.24) is 0 Å². The summed E-state index contributed by atoms with van der Waals surface area (Å²) < 4.78 is 4.51. The number of hydrogen-bond donors (Lipinski definition) is 1. The average molecular weight is 207 g/mol. The second-order valence-electron chi connectivity index (χ2n) is 3.64. The summed E-state index contributed by atoms with van der Waals surface area (Å²) in [6.07, 6.45) is 3.46. The Bertz CT molecular complexity index is 178. The van der Waals surface area contributed by atoms with E-state index < -0.39 is 11.7 Å². The standard InChI is InChI=1S/C9H15ClO3/c1-6(7-4-2-3-5-7)8(10)13-9(11)12/h6-8H,2-5H2,1H3,(H,11,12). The third kappa shape index (κ3) is 3.07. The number of carboxylic acid groups (broad SMARTS) is 1. The van der Waals surface area contributed by atoms with E-state index in [1.54, 1.807) is 0 Å². The first kappa shape index (κ1) is 10.6. The molecule has 0 aromatic carbocycles. The van der Waals surface area contributed by atoms with Gasteiger partial charge in [0, 0.05) is 5.92 Å². The van der Waals surface area contributed by atoms with E-state index in [4.69, 9.17) is 16.7 Å². The van der Waals surface area contributed by atoms with Crippen molar-refractivity contribution in [1.29, 1.82) is 0 Å². The van der Waals surface area contributed by atoms with Crippen molar-refractivity contribution < 1.29 is 14.6 Å². The molecule has 4 heteroatoms. The number of hydrogen-bond acceptors (Lipinski definition) is 2. The molecule has 1 aliphatic carbocycles. The van der Waals surface area contributed by atoms with Crippen LogP contribution in [-0.2, 0) is 4.74 Å². The highest BCUT2D eigenvalue weighted by Gasteiger charge is 2.29. The summed E-state index contributed by atoms with van der Waals surface area (Å²) >= 11 is 5.80. The summed E-state index contributed by atoms with van der Waals surface area (Å²) in [6.45, 7) is 1.95. The number of rotatable bonds is 3. The van der Waals surface area contributed by atoms with Gasteiger partial charge in [-0.25, -0.2) is 4.79 Å². The van der Waals surface area contributed by atoms with Crippen molar-refractivity contribution in [3.8, 4) is 0 Å². The third-order valence-corrected chi connectivity index (χ3v) is 3.26. The Hall–Kier alpha value is -0.440. The maximum Gasteiger partial charge on any atom is 0.507 e. The smallest absolute Gasteiger partial charge is 0.450 e. The third-order valence-electron chi connectivity index (χ3n) is 2.77. The molecule has 0 aromatic rings. The molecular weight excluding hydrogens is 192 g/mol. The van der Waals surface area contributed by atoms with Gasteiger partial charge in [-0.05, 0) is 5.92 Å². The Morgan fingerprint density at radius 1 is 1.54 bits per heavy atom. The lowest BCUT2D eigenvalue weighted by molar-refractivity contribution is 0.0519. The van der Waals surface area contributed by atoms with E-state index in [9.17, 15) is 4.79 Å². The van der Waals surface area contributed by atoms with Crippen LogP contribution in [0.2, 0.25) is 0 Å². The van der Waals surface area contributed by atoms with E-state index in [0.717, 1.165) is 12.8 Å². The SMILES string of the molecule is CC(C1CCCC1)C(Cl)OC(=O)O. The van der Waals surface area contributed by atoms with E-state index in [1.807, 2.05) is 6.92 Å². The van der Waals surface area contributed by atoms with Gasteiger partial charge in [0.2, 0.25) is 0 Å². The van der Waals surface area contributed by atoms with Crippen LogP contribution in [0.5, 0.6) is 0 Å². The predicted octanol–water partition coefficient (Wildman–Crippen LogP) is 3.07. The van der Waals surface area contributed by atoms with Gasteiger partial charge in [0.15, 0.2) is 5.56 Å². The van der Waals surface area contributed by atoms with Crippen LogP contribution in [0, 0.1) is 11.8 Å².